The number of thiophene rings is 1. The molecule has 4 heteroatoms. The van der Waals surface area contributed by atoms with Gasteiger partial charge in [0.25, 0.3) is 0 Å². The highest BCUT2D eigenvalue weighted by molar-refractivity contribution is 7.11. The van der Waals surface area contributed by atoms with E-state index < -0.39 is 0 Å². The molecule has 0 aliphatic rings. The zero-order chi connectivity index (χ0) is 12.1. The molecule has 0 aliphatic carbocycles. The predicted molar refractivity (Wildman–Crippen MR) is 69.1 cm³/mol. The molecular formula is C13H9N3S. The standard InChI is InChI=1S/C13H9N3S/c14-9-11(13-2-1-7-17-13)8-10-3-5-12(16-15)6-4-10/h1-8,15H. The molecule has 0 unspecified atom stereocenters. The first-order chi connectivity index (χ1) is 8.33. The molecule has 0 saturated heterocycles. The highest BCUT2D eigenvalue weighted by Gasteiger charge is 2.01. The molecule has 1 aromatic heterocycles. The fraction of sp³-hybridized carbons (Fsp3) is 0. The zero-order valence-electron chi connectivity index (χ0n) is 8.92. The Morgan fingerprint density at radius 3 is 2.59 bits per heavy atom. The number of nitriles is 1. The Morgan fingerprint density at radius 2 is 2.06 bits per heavy atom. The molecule has 1 aromatic carbocycles. The third kappa shape index (κ3) is 2.65. The molecule has 0 fully saturated rings. The van der Waals surface area contributed by atoms with Crippen LogP contribution in [-0.2, 0) is 0 Å². The van der Waals surface area contributed by atoms with Crippen LogP contribution >= 0.6 is 11.3 Å². The van der Waals surface area contributed by atoms with Gasteiger partial charge in [0.1, 0.15) is 6.07 Å². The number of allylic oxidation sites excluding steroid dienone is 1. The fourth-order valence-corrected chi connectivity index (χ4v) is 2.09. The first-order valence-electron chi connectivity index (χ1n) is 4.96. The molecule has 82 valence electrons. The van der Waals surface area contributed by atoms with Crippen LogP contribution in [0.2, 0.25) is 0 Å². The summed E-state index contributed by atoms with van der Waals surface area (Å²) in [6.45, 7) is 0. The quantitative estimate of drug-likeness (QED) is 0.623. The van der Waals surface area contributed by atoms with E-state index in [1.807, 2.05) is 35.7 Å². The van der Waals surface area contributed by atoms with Crippen molar-refractivity contribution in [3.8, 4) is 6.07 Å². The summed E-state index contributed by atoms with van der Waals surface area (Å²) in [5.74, 6) is 0. The van der Waals surface area contributed by atoms with Gasteiger partial charge in [-0.1, -0.05) is 18.2 Å². The van der Waals surface area contributed by atoms with E-state index in [4.69, 9.17) is 10.8 Å². The van der Waals surface area contributed by atoms with Crippen LogP contribution < -0.4 is 0 Å². The minimum Gasteiger partial charge on any atom is -0.204 e. The fourth-order valence-electron chi connectivity index (χ4n) is 1.40. The Bertz CT molecular complexity index is 574. The molecular weight excluding hydrogens is 230 g/mol. The largest absolute Gasteiger partial charge is 0.204 e. The summed E-state index contributed by atoms with van der Waals surface area (Å²) in [5, 5.41) is 14.4. The third-order valence-corrected chi connectivity index (χ3v) is 3.14. The van der Waals surface area contributed by atoms with Crippen molar-refractivity contribution in [2.24, 2.45) is 5.11 Å². The van der Waals surface area contributed by atoms with Gasteiger partial charge in [0.15, 0.2) is 0 Å². The second-order valence-electron chi connectivity index (χ2n) is 3.35. The van der Waals surface area contributed by atoms with Crippen LogP contribution in [0, 0.1) is 16.9 Å². The summed E-state index contributed by atoms with van der Waals surface area (Å²) in [4.78, 5) is 0.960. The highest BCUT2D eigenvalue weighted by Crippen LogP contribution is 2.23. The number of nitrogens with zero attached hydrogens (tertiary/aromatic N) is 2. The number of nitrogens with one attached hydrogen (secondary N) is 1. The predicted octanol–water partition coefficient (Wildman–Crippen LogP) is 4.47. The van der Waals surface area contributed by atoms with Crippen LogP contribution in [0.1, 0.15) is 10.4 Å². The van der Waals surface area contributed by atoms with Crippen LogP contribution in [0.5, 0.6) is 0 Å². The lowest BCUT2D eigenvalue weighted by atomic mass is 10.1. The Hall–Kier alpha value is -2.25. The number of benzene rings is 1. The van der Waals surface area contributed by atoms with E-state index in [2.05, 4.69) is 11.2 Å². The van der Waals surface area contributed by atoms with Gasteiger partial charge in [-0.05, 0) is 35.2 Å². The van der Waals surface area contributed by atoms with Gasteiger partial charge in [0, 0.05) is 4.88 Å². The Morgan fingerprint density at radius 1 is 1.29 bits per heavy atom. The molecule has 1 N–H and O–H groups in total. The summed E-state index contributed by atoms with van der Waals surface area (Å²) < 4.78 is 0. The smallest absolute Gasteiger partial charge is 0.101 e. The van der Waals surface area contributed by atoms with Crippen molar-refractivity contribution in [2.75, 3.05) is 0 Å². The summed E-state index contributed by atoms with van der Waals surface area (Å²) in [5.41, 5.74) is 9.05. The normalized spacial score (nSPS) is 10.9. The van der Waals surface area contributed by atoms with Crippen molar-refractivity contribution in [2.45, 2.75) is 0 Å². The third-order valence-electron chi connectivity index (χ3n) is 2.24. The second-order valence-corrected chi connectivity index (χ2v) is 4.30. The molecule has 2 rings (SSSR count). The molecule has 0 bridgehead atoms. The van der Waals surface area contributed by atoms with Crippen molar-refractivity contribution < 1.29 is 0 Å². The summed E-state index contributed by atoms with van der Waals surface area (Å²) in [6, 6.07) is 13.2. The molecule has 2 aromatic rings. The van der Waals surface area contributed by atoms with Gasteiger partial charge in [0.05, 0.1) is 11.3 Å². The van der Waals surface area contributed by atoms with Crippen molar-refractivity contribution in [1.82, 2.24) is 0 Å². The second kappa shape index (κ2) is 5.19. The summed E-state index contributed by atoms with van der Waals surface area (Å²) in [7, 11) is 0. The van der Waals surface area contributed by atoms with E-state index in [-0.39, 0.29) is 0 Å². The lowest BCUT2D eigenvalue weighted by Gasteiger charge is -1.96. The van der Waals surface area contributed by atoms with Crippen LogP contribution in [0.25, 0.3) is 11.6 Å². The van der Waals surface area contributed by atoms with Crippen LogP contribution in [0.4, 0.5) is 5.69 Å². The molecule has 0 saturated carbocycles. The van der Waals surface area contributed by atoms with E-state index >= 15 is 0 Å². The molecule has 0 spiro atoms. The first-order valence-corrected chi connectivity index (χ1v) is 5.84. The Labute approximate surface area is 103 Å². The number of rotatable bonds is 3. The molecule has 0 radical (unpaired) electrons. The average Bonchev–Trinajstić information content (AvgIpc) is 2.90. The van der Waals surface area contributed by atoms with Gasteiger partial charge in [-0.2, -0.15) is 10.4 Å². The summed E-state index contributed by atoms with van der Waals surface area (Å²) >= 11 is 1.54. The number of hydrogen-bond acceptors (Lipinski definition) is 4. The zero-order valence-corrected chi connectivity index (χ0v) is 9.74. The summed E-state index contributed by atoms with van der Waals surface area (Å²) in [6.07, 6.45) is 1.83. The van der Waals surface area contributed by atoms with Crippen LogP contribution in [-0.4, -0.2) is 0 Å². The first kappa shape index (κ1) is 11.2. The van der Waals surface area contributed by atoms with E-state index in [0.29, 0.717) is 11.3 Å². The van der Waals surface area contributed by atoms with Gasteiger partial charge in [0.2, 0.25) is 0 Å². The molecule has 0 atom stereocenters. The molecule has 0 aliphatic heterocycles. The maximum atomic E-state index is 9.10. The van der Waals surface area contributed by atoms with Crippen LogP contribution in [0.3, 0.4) is 0 Å². The maximum absolute atomic E-state index is 9.10. The monoisotopic (exact) mass is 239 g/mol. The van der Waals surface area contributed by atoms with Crippen molar-refractivity contribution in [1.29, 1.82) is 10.8 Å². The van der Waals surface area contributed by atoms with Crippen LogP contribution in [0.15, 0.2) is 46.9 Å². The number of hydrogen-bond donors (Lipinski definition) is 1. The minimum atomic E-state index is 0.608. The topological polar surface area (TPSA) is 60.0 Å². The Balaban J connectivity index is 2.34. The molecule has 1 heterocycles. The molecule has 0 amide bonds. The van der Waals surface area contributed by atoms with Gasteiger partial charge < -0.3 is 0 Å². The van der Waals surface area contributed by atoms with Gasteiger partial charge >= 0.3 is 0 Å². The SMILES string of the molecule is N#CC(=Cc1ccc(N=N)cc1)c1cccs1. The van der Waals surface area contributed by atoms with E-state index in [9.17, 15) is 0 Å². The van der Waals surface area contributed by atoms with Crippen molar-refractivity contribution in [3.63, 3.8) is 0 Å². The van der Waals surface area contributed by atoms with E-state index in [1.54, 1.807) is 23.5 Å². The molecule has 3 nitrogen and oxygen atoms in total. The maximum Gasteiger partial charge on any atom is 0.101 e. The van der Waals surface area contributed by atoms with Gasteiger partial charge in [-0.25, -0.2) is 5.53 Å². The van der Waals surface area contributed by atoms with Crippen molar-refractivity contribution >= 4 is 28.7 Å². The van der Waals surface area contributed by atoms with Gasteiger partial charge in [-0.15, -0.1) is 11.3 Å². The highest BCUT2D eigenvalue weighted by atomic mass is 32.1. The van der Waals surface area contributed by atoms with Crippen molar-refractivity contribution in [3.05, 3.63) is 52.2 Å². The lowest BCUT2D eigenvalue weighted by molar-refractivity contribution is 1.15. The Kier molecular flexibility index (Phi) is 3.43. The van der Waals surface area contributed by atoms with Gasteiger partial charge in [-0.3, -0.25) is 0 Å². The minimum absolute atomic E-state index is 0.608. The molecule has 17 heavy (non-hydrogen) atoms. The van der Waals surface area contributed by atoms with E-state index in [0.717, 1.165) is 10.4 Å². The average molecular weight is 239 g/mol. The van der Waals surface area contributed by atoms with E-state index in [1.165, 1.54) is 0 Å². The lowest BCUT2D eigenvalue weighted by Crippen LogP contribution is -1.76.